The molecule has 20 heteroatoms. The number of nitrogen functional groups attached to an aromatic ring is 1. The van der Waals surface area contributed by atoms with Gasteiger partial charge in [-0.1, -0.05) is 27.5 Å². The number of rotatable bonds is 6. The maximum atomic E-state index is 13.1. The fourth-order valence-corrected chi connectivity index (χ4v) is 5.31. The summed E-state index contributed by atoms with van der Waals surface area (Å²) in [5.41, 5.74) is -0.820. The number of amides is 1. The molecule has 0 unspecified atom stereocenters. The molecule has 4 rings (SSSR count). The first-order valence-electron chi connectivity index (χ1n) is 14.2. The SMILES string of the molecule is FC(F)(F)c1cc(CBr)cc(C(F)(F)F)c1.Nc1[nH]c(=O)c(C(=O)NCC2CCN(Cc3cc(C(F)(F)F)cc(C(F)(F)F)c3)CC2)cc1Cl. The van der Waals surface area contributed by atoms with Gasteiger partial charge in [-0.3, -0.25) is 14.5 Å². The first kappa shape index (κ1) is 41.0. The summed E-state index contributed by atoms with van der Waals surface area (Å²) in [4.78, 5) is 28.2. The Morgan fingerprint density at radius 3 is 1.60 bits per heavy atom. The number of aromatic amines is 1. The third-order valence-corrected chi connectivity index (χ3v) is 8.34. The minimum absolute atomic E-state index is 0.0239. The highest BCUT2D eigenvalue weighted by molar-refractivity contribution is 9.08. The maximum absolute atomic E-state index is 13.1. The number of aromatic nitrogens is 1. The molecule has 276 valence electrons. The van der Waals surface area contributed by atoms with Crippen molar-refractivity contribution < 1.29 is 57.5 Å². The zero-order valence-electron chi connectivity index (χ0n) is 25.2. The Morgan fingerprint density at radius 2 is 1.20 bits per heavy atom. The molecule has 0 aliphatic carbocycles. The van der Waals surface area contributed by atoms with Crippen LogP contribution in [0, 0.1) is 5.92 Å². The molecule has 0 radical (unpaired) electrons. The summed E-state index contributed by atoms with van der Waals surface area (Å²) in [6.45, 7) is 1.03. The van der Waals surface area contributed by atoms with Crippen molar-refractivity contribution in [1.29, 1.82) is 0 Å². The van der Waals surface area contributed by atoms with Gasteiger partial charge in [-0.15, -0.1) is 0 Å². The summed E-state index contributed by atoms with van der Waals surface area (Å²) >= 11 is 8.65. The average molecular weight is 818 g/mol. The number of alkyl halides is 13. The van der Waals surface area contributed by atoms with E-state index in [0.717, 1.165) is 18.2 Å². The van der Waals surface area contributed by atoms with Crippen molar-refractivity contribution in [1.82, 2.24) is 15.2 Å². The number of hydrogen-bond acceptors (Lipinski definition) is 4. The Hall–Kier alpha value is -3.45. The summed E-state index contributed by atoms with van der Waals surface area (Å²) < 4.78 is 152. The van der Waals surface area contributed by atoms with E-state index in [4.69, 9.17) is 17.3 Å². The number of likely N-dealkylation sites (tertiary alicyclic amines) is 1. The number of piperidine rings is 1. The molecular formula is C30H26BrClF12N4O2. The number of nitrogens with zero attached hydrogens (tertiary/aromatic N) is 1. The van der Waals surface area contributed by atoms with Crippen LogP contribution in [-0.4, -0.2) is 35.4 Å². The van der Waals surface area contributed by atoms with Crippen molar-refractivity contribution in [2.24, 2.45) is 5.92 Å². The normalized spacial score (nSPS) is 15.0. The fraction of sp³-hybridized carbons (Fsp3) is 0.400. The predicted octanol–water partition coefficient (Wildman–Crippen LogP) is 8.91. The quantitative estimate of drug-likeness (QED) is 0.171. The van der Waals surface area contributed by atoms with Gasteiger partial charge in [0.05, 0.1) is 27.3 Å². The Morgan fingerprint density at radius 1 is 0.780 bits per heavy atom. The molecule has 50 heavy (non-hydrogen) atoms. The Bertz CT molecular complexity index is 1650. The minimum atomic E-state index is -4.89. The summed E-state index contributed by atoms with van der Waals surface area (Å²) in [7, 11) is 0. The summed E-state index contributed by atoms with van der Waals surface area (Å²) in [5, 5.41) is 2.60. The van der Waals surface area contributed by atoms with Crippen LogP contribution >= 0.6 is 27.5 Å². The molecule has 1 saturated heterocycles. The molecule has 1 aliphatic heterocycles. The lowest BCUT2D eigenvalue weighted by molar-refractivity contribution is -0.144. The van der Waals surface area contributed by atoms with Gasteiger partial charge in [0.15, 0.2) is 0 Å². The third-order valence-electron chi connectivity index (χ3n) is 7.38. The van der Waals surface area contributed by atoms with Gasteiger partial charge in [-0.25, -0.2) is 0 Å². The molecule has 0 saturated carbocycles. The minimum Gasteiger partial charge on any atom is -0.384 e. The molecule has 6 nitrogen and oxygen atoms in total. The van der Waals surface area contributed by atoms with Gasteiger partial charge in [0.25, 0.3) is 11.5 Å². The van der Waals surface area contributed by atoms with Crippen LogP contribution in [0.25, 0.3) is 0 Å². The van der Waals surface area contributed by atoms with Crippen LogP contribution in [0.2, 0.25) is 5.02 Å². The van der Waals surface area contributed by atoms with Crippen LogP contribution in [-0.2, 0) is 36.6 Å². The van der Waals surface area contributed by atoms with E-state index in [1.54, 1.807) is 4.90 Å². The van der Waals surface area contributed by atoms with E-state index in [2.05, 4.69) is 26.2 Å². The molecule has 2 heterocycles. The maximum Gasteiger partial charge on any atom is 0.416 e. The van der Waals surface area contributed by atoms with Crippen LogP contribution in [0.5, 0.6) is 0 Å². The van der Waals surface area contributed by atoms with E-state index in [-0.39, 0.29) is 64.0 Å². The van der Waals surface area contributed by atoms with Crippen LogP contribution in [0.3, 0.4) is 0 Å². The molecule has 4 N–H and O–H groups in total. The van der Waals surface area contributed by atoms with Crippen molar-refractivity contribution in [3.05, 3.63) is 96.8 Å². The zero-order valence-corrected chi connectivity index (χ0v) is 27.5. The van der Waals surface area contributed by atoms with Gasteiger partial charge < -0.3 is 16.0 Å². The van der Waals surface area contributed by atoms with E-state index in [9.17, 15) is 62.3 Å². The molecule has 0 bridgehead atoms. The third kappa shape index (κ3) is 11.5. The van der Waals surface area contributed by atoms with Gasteiger partial charge >= 0.3 is 24.7 Å². The Labute approximate surface area is 289 Å². The molecule has 2 aromatic carbocycles. The predicted molar refractivity (Wildman–Crippen MR) is 162 cm³/mol. The number of benzene rings is 2. The highest BCUT2D eigenvalue weighted by Gasteiger charge is 2.38. The average Bonchev–Trinajstić information content (AvgIpc) is 3.00. The van der Waals surface area contributed by atoms with Crippen molar-refractivity contribution in [2.75, 3.05) is 25.4 Å². The molecule has 0 spiro atoms. The number of halogens is 14. The van der Waals surface area contributed by atoms with Crippen molar-refractivity contribution in [3.8, 4) is 0 Å². The van der Waals surface area contributed by atoms with Gasteiger partial charge in [0.1, 0.15) is 11.4 Å². The second-order valence-electron chi connectivity index (χ2n) is 11.2. The van der Waals surface area contributed by atoms with Crippen molar-refractivity contribution in [2.45, 2.75) is 49.4 Å². The largest absolute Gasteiger partial charge is 0.416 e. The number of pyridine rings is 1. The number of hydrogen-bond donors (Lipinski definition) is 3. The number of anilines is 1. The number of H-pyrrole nitrogens is 1. The second kappa shape index (κ2) is 15.8. The van der Waals surface area contributed by atoms with E-state index < -0.39 is 58.4 Å². The van der Waals surface area contributed by atoms with E-state index in [0.29, 0.717) is 38.1 Å². The first-order valence-corrected chi connectivity index (χ1v) is 15.7. The molecule has 1 amide bonds. The van der Waals surface area contributed by atoms with Gasteiger partial charge in [0, 0.05) is 18.4 Å². The van der Waals surface area contributed by atoms with E-state index in [1.165, 1.54) is 0 Å². The zero-order chi connectivity index (χ0) is 37.8. The van der Waals surface area contributed by atoms with E-state index in [1.807, 2.05) is 0 Å². The first-order chi connectivity index (χ1) is 22.9. The standard InChI is InChI=1S/C21H21ClF6N4O2.C9H5BrF6/c22-16-8-15(19(34)31-17(16)29)18(33)30-9-11-1-3-32(4-2-11)10-12-5-13(20(23,24)25)7-14(6-12)21(26,27)28;10-4-5-1-6(8(11,12)13)3-7(2-5)9(14,15)16/h5-8,11H,1-4,9-10H2,(H,30,33)(H3,29,31,34);1-3H,4H2. The molecule has 0 atom stereocenters. The molecule has 3 aromatic rings. The topological polar surface area (TPSA) is 91.2 Å². The molecular weight excluding hydrogens is 792 g/mol. The van der Waals surface area contributed by atoms with Crippen LogP contribution in [0.1, 0.15) is 56.6 Å². The number of carbonyl (C=O) groups excluding carboxylic acids is 1. The summed E-state index contributed by atoms with van der Waals surface area (Å²) in [6, 6.07) is 4.21. The summed E-state index contributed by atoms with van der Waals surface area (Å²) in [6.07, 6.45) is -18.2. The highest BCUT2D eigenvalue weighted by atomic mass is 79.9. The lowest BCUT2D eigenvalue weighted by Crippen LogP contribution is -2.39. The van der Waals surface area contributed by atoms with Gasteiger partial charge in [-0.05, 0) is 85.4 Å². The number of nitrogens with two attached hydrogens (primary N) is 1. The lowest BCUT2D eigenvalue weighted by Gasteiger charge is -2.32. The van der Waals surface area contributed by atoms with Crippen molar-refractivity contribution >= 4 is 39.3 Å². The fourth-order valence-electron chi connectivity index (χ4n) is 4.83. The van der Waals surface area contributed by atoms with Crippen LogP contribution < -0.4 is 16.6 Å². The lowest BCUT2D eigenvalue weighted by atomic mass is 9.96. The Balaban J connectivity index is 0.000000354. The summed E-state index contributed by atoms with van der Waals surface area (Å²) in [5.74, 6) is -0.663. The molecule has 1 fully saturated rings. The Kier molecular flexibility index (Phi) is 13.0. The molecule has 1 aliphatic rings. The highest BCUT2D eigenvalue weighted by Crippen LogP contribution is 2.38. The second-order valence-corrected chi connectivity index (χ2v) is 12.1. The van der Waals surface area contributed by atoms with Crippen LogP contribution in [0.4, 0.5) is 58.5 Å². The monoisotopic (exact) mass is 816 g/mol. The number of nitrogens with one attached hydrogen (secondary N) is 2. The smallest absolute Gasteiger partial charge is 0.384 e. The van der Waals surface area contributed by atoms with Gasteiger partial charge in [0.2, 0.25) is 0 Å². The van der Waals surface area contributed by atoms with Gasteiger partial charge in [-0.2, -0.15) is 52.7 Å². The van der Waals surface area contributed by atoms with E-state index >= 15 is 0 Å². The number of carbonyl (C=O) groups is 1. The molecule has 1 aromatic heterocycles. The van der Waals surface area contributed by atoms with Crippen molar-refractivity contribution in [3.63, 3.8) is 0 Å². The van der Waals surface area contributed by atoms with Crippen LogP contribution in [0.15, 0.2) is 47.3 Å².